The highest BCUT2D eigenvalue weighted by molar-refractivity contribution is 14.1. The van der Waals surface area contributed by atoms with Crippen molar-refractivity contribution < 1.29 is 61.9 Å². The highest BCUT2D eigenvalue weighted by Crippen LogP contribution is 2.25. The van der Waals surface area contributed by atoms with Crippen molar-refractivity contribution >= 4 is 149 Å². The summed E-state index contributed by atoms with van der Waals surface area (Å²) in [6, 6.07) is 9.34. The van der Waals surface area contributed by atoms with E-state index in [1.54, 1.807) is 24.3 Å². The molecule has 0 aliphatic rings. The molecule has 0 radical (unpaired) electrons. The van der Waals surface area contributed by atoms with Gasteiger partial charge in [-0.3, -0.25) is 28.8 Å². The summed E-state index contributed by atoms with van der Waals surface area (Å²) in [7, 11) is 0. The molecule has 2 rings (SSSR count). The summed E-state index contributed by atoms with van der Waals surface area (Å²) >= 11 is 7.74. The average molecular weight is 1310 g/mol. The summed E-state index contributed by atoms with van der Waals surface area (Å²) in [5.41, 5.74) is 2.19. The van der Waals surface area contributed by atoms with Crippen LogP contribution in [-0.4, -0.2) is 159 Å². The molecule has 0 heterocycles. The van der Waals surface area contributed by atoms with E-state index in [1.165, 1.54) is 12.1 Å². The molecule has 6 N–H and O–H groups in total. The van der Waals surface area contributed by atoms with Gasteiger partial charge in [0, 0.05) is 24.2 Å². The standard InChI is InChI=1S/C38H52I4N6O13/c39-23-33(49)45-29-3-1-27(21-31(29)47-35(51)25-41)37(53)43-5-7-55-9-11-57-13-15-59-17-19-61-20-18-60-16-14-58-12-10-56-8-6-44-38(54)28-2-4-30(46-34(50)24-40)32(22-28)48-36(52)26-42/h1-4,21-22H,5-20,23-26H2,(H,43,53)(H,44,54)(H,45,49)(H,46,50)(H,47,51)(H,48,52). The summed E-state index contributed by atoms with van der Waals surface area (Å²) < 4.78 is 39.4. The number of amides is 6. The molecule has 6 amide bonds. The maximum Gasteiger partial charge on any atom is 0.251 e. The van der Waals surface area contributed by atoms with Crippen LogP contribution in [0.2, 0.25) is 0 Å². The van der Waals surface area contributed by atoms with Gasteiger partial charge in [-0.05, 0) is 36.4 Å². The molecule has 2 aromatic carbocycles. The molecule has 2 aromatic rings. The Morgan fingerprint density at radius 2 is 0.607 bits per heavy atom. The average Bonchev–Trinajstić information content (AvgIpc) is 3.26. The van der Waals surface area contributed by atoms with Gasteiger partial charge in [0.2, 0.25) is 23.6 Å². The lowest BCUT2D eigenvalue weighted by molar-refractivity contribution is -0.114. The molecule has 340 valence electrons. The van der Waals surface area contributed by atoms with Crippen LogP contribution in [0.25, 0.3) is 0 Å². The van der Waals surface area contributed by atoms with Crippen molar-refractivity contribution in [2.24, 2.45) is 0 Å². The van der Waals surface area contributed by atoms with Crippen LogP contribution in [0.1, 0.15) is 20.7 Å². The zero-order valence-corrected chi connectivity index (χ0v) is 42.1. The Hall–Kier alpha value is -2.10. The number of carbonyl (C=O) groups is 6. The minimum absolute atomic E-state index is 0.221. The normalized spacial score (nSPS) is 10.8. The van der Waals surface area contributed by atoms with Gasteiger partial charge < -0.3 is 65.1 Å². The number of nitrogens with one attached hydrogen (secondary N) is 6. The van der Waals surface area contributed by atoms with E-state index in [2.05, 4.69) is 31.9 Å². The number of halogens is 4. The van der Waals surface area contributed by atoms with E-state index in [0.29, 0.717) is 113 Å². The van der Waals surface area contributed by atoms with Crippen molar-refractivity contribution in [3.05, 3.63) is 47.5 Å². The number of hydrogen-bond donors (Lipinski definition) is 6. The van der Waals surface area contributed by atoms with Crippen LogP contribution >= 0.6 is 90.4 Å². The topological polar surface area (TPSA) is 239 Å². The smallest absolute Gasteiger partial charge is 0.251 e. The fourth-order valence-electron chi connectivity index (χ4n) is 4.63. The number of anilines is 4. The van der Waals surface area contributed by atoms with E-state index in [9.17, 15) is 28.8 Å². The third kappa shape index (κ3) is 25.7. The van der Waals surface area contributed by atoms with Gasteiger partial charge in [-0.25, -0.2) is 0 Å². The Balaban J connectivity index is 1.38. The van der Waals surface area contributed by atoms with Gasteiger partial charge in [0.25, 0.3) is 11.8 Å². The molecule has 0 spiro atoms. The van der Waals surface area contributed by atoms with Crippen molar-refractivity contribution in [2.75, 3.05) is 145 Å². The molecule has 61 heavy (non-hydrogen) atoms. The van der Waals surface area contributed by atoms with Gasteiger partial charge in [-0.1, -0.05) is 90.4 Å². The first-order valence-electron chi connectivity index (χ1n) is 18.9. The van der Waals surface area contributed by atoms with Crippen molar-refractivity contribution in [3.8, 4) is 0 Å². The van der Waals surface area contributed by atoms with E-state index in [-0.39, 0.29) is 79.5 Å². The summed E-state index contributed by atoms with van der Waals surface area (Å²) in [5, 5.41) is 16.4. The van der Waals surface area contributed by atoms with Gasteiger partial charge in [0.15, 0.2) is 0 Å². The molecule has 0 saturated heterocycles. The van der Waals surface area contributed by atoms with Crippen molar-refractivity contribution in [3.63, 3.8) is 0 Å². The monoisotopic (exact) mass is 1310 g/mol. The zero-order valence-electron chi connectivity index (χ0n) is 33.4. The SMILES string of the molecule is O=C(CI)Nc1ccc(C(=O)NCCOCCOCCOCCOCCOCCOCCOCCNC(=O)c2ccc(NC(=O)CI)c(NC(=O)CI)c2)cc1NC(=O)CI. The fourth-order valence-corrected chi connectivity index (χ4v) is 5.39. The molecular weight excluding hydrogens is 1260 g/mol. The van der Waals surface area contributed by atoms with Gasteiger partial charge in [-0.2, -0.15) is 0 Å². The third-order valence-corrected chi connectivity index (χ3v) is 10.2. The molecule has 0 unspecified atom stereocenters. The third-order valence-electron chi connectivity index (χ3n) is 7.44. The Morgan fingerprint density at radius 3 is 0.869 bits per heavy atom. The molecule has 0 saturated carbocycles. The van der Waals surface area contributed by atoms with E-state index in [4.69, 9.17) is 33.2 Å². The molecule has 19 nitrogen and oxygen atoms in total. The second-order valence-electron chi connectivity index (χ2n) is 12.0. The van der Waals surface area contributed by atoms with Gasteiger partial charge >= 0.3 is 0 Å². The molecule has 0 aromatic heterocycles. The largest absolute Gasteiger partial charge is 0.377 e. The van der Waals surface area contributed by atoms with Crippen LogP contribution in [0.3, 0.4) is 0 Å². The minimum atomic E-state index is -0.340. The molecule has 0 aliphatic heterocycles. The van der Waals surface area contributed by atoms with Crippen LogP contribution in [0.4, 0.5) is 22.7 Å². The predicted octanol–water partition coefficient (Wildman–Crippen LogP) is 3.46. The Labute approximate surface area is 409 Å². The molecule has 23 heteroatoms. The first-order valence-corrected chi connectivity index (χ1v) is 25.0. The number of benzene rings is 2. The van der Waals surface area contributed by atoms with E-state index < -0.39 is 0 Å². The van der Waals surface area contributed by atoms with Crippen molar-refractivity contribution in [1.82, 2.24) is 10.6 Å². The number of ether oxygens (including phenoxy) is 7. The first kappa shape index (κ1) is 55.0. The number of carbonyl (C=O) groups excluding carboxylic acids is 6. The van der Waals surface area contributed by atoms with E-state index in [0.717, 1.165) is 0 Å². The van der Waals surface area contributed by atoms with Gasteiger partial charge in [-0.15, -0.1) is 0 Å². The molecule has 0 atom stereocenters. The molecule has 0 bridgehead atoms. The second kappa shape index (κ2) is 35.3. The molecular formula is C38H52I4N6O13. The van der Waals surface area contributed by atoms with Crippen molar-refractivity contribution in [1.29, 1.82) is 0 Å². The van der Waals surface area contributed by atoms with Crippen LogP contribution in [0.15, 0.2) is 36.4 Å². The molecule has 0 fully saturated rings. The minimum Gasteiger partial charge on any atom is -0.377 e. The zero-order chi connectivity index (χ0) is 44.5. The van der Waals surface area contributed by atoms with Crippen LogP contribution in [-0.2, 0) is 52.3 Å². The lowest BCUT2D eigenvalue weighted by atomic mass is 10.1. The quantitative estimate of drug-likeness (QED) is 0.0335. The predicted molar refractivity (Wildman–Crippen MR) is 263 cm³/mol. The maximum absolute atomic E-state index is 12.6. The Bertz CT molecular complexity index is 1550. The van der Waals surface area contributed by atoms with Gasteiger partial charge in [0.1, 0.15) is 0 Å². The first-order chi connectivity index (χ1) is 29.6. The Morgan fingerprint density at radius 1 is 0.361 bits per heavy atom. The van der Waals surface area contributed by atoms with Crippen LogP contribution in [0.5, 0.6) is 0 Å². The Kier molecular flexibility index (Phi) is 31.8. The molecule has 0 aliphatic carbocycles. The van der Waals surface area contributed by atoms with Crippen LogP contribution < -0.4 is 31.9 Å². The van der Waals surface area contributed by atoms with E-state index in [1.807, 2.05) is 90.4 Å². The summed E-state index contributed by atoms with van der Waals surface area (Å²) in [6.07, 6.45) is 0. The lowest BCUT2D eigenvalue weighted by Crippen LogP contribution is -2.28. The summed E-state index contributed by atoms with van der Waals surface area (Å²) in [4.78, 5) is 72.7. The van der Waals surface area contributed by atoms with E-state index >= 15 is 0 Å². The van der Waals surface area contributed by atoms with Gasteiger partial charge in [0.05, 0.1) is 133 Å². The summed E-state index contributed by atoms with van der Waals surface area (Å²) in [6.45, 7) is 5.85. The van der Waals surface area contributed by atoms with Crippen LogP contribution in [0, 0.1) is 0 Å². The second-order valence-corrected chi connectivity index (χ2v) is 15.1. The maximum atomic E-state index is 12.6. The number of hydrogen-bond acceptors (Lipinski definition) is 13. The fraction of sp³-hybridized carbons (Fsp3) is 0.526. The number of rotatable bonds is 34. The highest BCUT2D eigenvalue weighted by atomic mass is 127. The lowest BCUT2D eigenvalue weighted by Gasteiger charge is -2.13. The highest BCUT2D eigenvalue weighted by Gasteiger charge is 2.15. The summed E-state index contributed by atoms with van der Waals surface area (Å²) in [5.74, 6) is -1.63. The number of alkyl halides is 4. The van der Waals surface area contributed by atoms with Crippen molar-refractivity contribution in [2.45, 2.75) is 0 Å².